The van der Waals surface area contributed by atoms with Crippen molar-refractivity contribution in [1.82, 2.24) is 10.4 Å². The van der Waals surface area contributed by atoms with Gasteiger partial charge < -0.3 is 25.3 Å². The molecule has 0 bridgehead atoms. The minimum absolute atomic E-state index is 0.0815. The maximum atomic E-state index is 12.9. The van der Waals surface area contributed by atoms with Gasteiger partial charge in [0.1, 0.15) is 18.6 Å². The quantitative estimate of drug-likeness (QED) is 0.263. The number of nitrogens with zero attached hydrogens (tertiary/aromatic N) is 1. The lowest BCUT2D eigenvalue weighted by Crippen LogP contribution is -2.57. The summed E-state index contributed by atoms with van der Waals surface area (Å²) >= 11 is 5.01. The van der Waals surface area contributed by atoms with Crippen molar-refractivity contribution in [2.24, 2.45) is 17.1 Å². The number of ether oxygens (including phenoxy) is 3. The van der Waals surface area contributed by atoms with Crippen LogP contribution in [-0.2, 0) is 43.0 Å². The molecular formula is C19H24FN3O9S. The van der Waals surface area contributed by atoms with Gasteiger partial charge in [-0.3, -0.25) is 24.0 Å². The second-order valence-corrected chi connectivity index (χ2v) is 8.62. The molecule has 2 aliphatic heterocycles. The van der Waals surface area contributed by atoms with Crippen LogP contribution in [0.2, 0.25) is 0 Å². The number of primary amides is 1. The first-order valence-electron chi connectivity index (χ1n) is 9.73. The maximum Gasteiger partial charge on any atom is 0.377 e. The molecule has 2 amide bonds. The fraction of sp³-hybridized carbons (Fsp3) is 0.579. The lowest BCUT2D eigenvalue weighted by atomic mass is 9.98. The summed E-state index contributed by atoms with van der Waals surface area (Å²) in [5, 5.41) is 3.06. The average molecular weight is 489 g/mol. The number of hydroxylamine groups is 2. The van der Waals surface area contributed by atoms with E-state index in [1.807, 2.05) is 0 Å². The number of hydrogen-bond donors (Lipinski definition) is 2. The second-order valence-electron chi connectivity index (χ2n) is 8.18. The Morgan fingerprint density at radius 1 is 1.36 bits per heavy atom. The fourth-order valence-corrected chi connectivity index (χ4v) is 3.19. The number of rotatable bonds is 8. The third-order valence-corrected chi connectivity index (χ3v) is 5.00. The molecule has 33 heavy (non-hydrogen) atoms. The van der Waals surface area contributed by atoms with Gasteiger partial charge in [-0.25, -0.2) is 9.18 Å². The normalized spacial score (nSPS) is 23.9. The topological polar surface area (TPSA) is 164 Å². The van der Waals surface area contributed by atoms with Gasteiger partial charge >= 0.3 is 23.6 Å². The van der Waals surface area contributed by atoms with Crippen molar-refractivity contribution in [2.45, 2.75) is 45.4 Å². The molecule has 12 nitrogen and oxygen atoms in total. The van der Waals surface area contributed by atoms with E-state index in [-0.39, 0.29) is 30.8 Å². The van der Waals surface area contributed by atoms with E-state index in [1.54, 1.807) is 20.8 Å². The van der Waals surface area contributed by atoms with E-state index in [4.69, 9.17) is 37.0 Å². The minimum atomic E-state index is -2.25. The molecule has 2 fully saturated rings. The highest BCUT2D eigenvalue weighted by Gasteiger charge is 2.60. The van der Waals surface area contributed by atoms with Gasteiger partial charge in [-0.2, -0.15) is 5.06 Å². The Balaban J connectivity index is 2.12. The largest absolute Gasteiger partial charge is 0.427 e. The Kier molecular flexibility index (Phi) is 8.08. The zero-order valence-corrected chi connectivity index (χ0v) is 18.9. The van der Waals surface area contributed by atoms with Crippen LogP contribution in [0.25, 0.3) is 0 Å². The summed E-state index contributed by atoms with van der Waals surface area (Å²) in [4.78, 5) is 65.8. The molecule has 0 radical (unpaired) electrons. The SMILES string of the molecule is CC(C)(C)C(=O)OCOC(=O)C1(N2OC[C@H](NC(=S)C(C=CF)C(N)=O)C2=O)CCC(=O)O1. The van der Waals surface area contributed by atoms with Gasteiger partial charge in [0.05, 0.1) is 23.2 Å². The van der Waals surface area contributed by atoms with E-state index in [1.165, 1.54) is 0 Å². The van der Waals surface area contributed by atoms with Crippen LogP contribution in [0.3, 0.4) is 0 Å². The van der Waals surface area contributed by atoms with E-state index in [0.717, 1.165) is 6.08 Å². The van der Waals surface area contributed by atoms with Crippen LogP contribution in [0.15, 0.2) is 12.4 Å². The van der Waals surface area contributed by atoms with E-state index in [2.05, 4.69) is 5.32 Å². The summed E-state index contributed by atoms with van der Waals surface area (Å²) in [5.41, 5.74) is 2.06. The lowest BCUT2D eigenvalue weighted by molar-refractivity contribution is -0.262. The number of thiocarbonyl (C=S) groups is 1. The summed E-state index contributed by atoms with van der Waals surface area (Å²) in [6.45, 7) is 3.64. The van der Waals surface area contributed by atoms with E-state index >= 15 is 0 Å². The molecule has 2 heterocycles. The number of carbonyl (C=O) groups is 5. The van der Waals surface area contributed by atoms with Gasteiger partial charge in [0.25, 0.3) is 5.91 Å². The zero-order valence-electron chi connectivity index (χ0n) is 18.1. The smallest absolute Gasteiger partial charge is 0.377 e. The zero-order chi connectivity index (χ0) is 25.0. The number of nitrogens with two attached hydrogens (primary N) is 1. The molecule has 0 spiro atoms. The predicted octanol–water partition coefficient (Wildman–Crippen LogP) is -0.246. The molecule has 0 saturated carbocycles. The Hall–Kier alpha value is -3.13. The Bertz CT molecular complexity index is 888. The van der Waals surface area contributed by atoms with E-state index < -0.39 is 59.6 Å². The van der Waals surface area contributed by atoms with Gasteiger partial charge in [0.2, 0.25) is 12.7 Å². The van der Waals surface area contributed by atoms with Gasteiger partial charge in [0.15, 0.2) is 0 Å². The monoisotopic (exact) mass is 489 g/mol. The standard InChI is InChI=1S/C19H24FN3O9S/c1-18(2,3)16(27)29-9-30-17(28)19(6-4-12(24)32-19)23-15(26)11(8-31-23)22-14(33)10(5-7-20)13(21)25/h5,7,10-11H,4,6,8-9H2,1-3H3,(H2,21,25)(H,22,33)/t10?,11-,19?/m0/s1. The molecule has 2 unspecified atom stereocenters. The molecule has 3 N–H and O–H groups in total. The number of nitrogens with one attached hydrogen (secondary N) is 1. The first-order chi connectivity index (χ1) is 15.3. The highest BCUT2D eigenvalue weighted by molar-refractivity contribution is 7.80. The predicted molar refractivity (Wildman–Crippen MR) is 110 cm³/mol. The van der Waals surface area contributed by atoms with Crippen LogP contribution in [0.5, 0.6) is 0 Å². The summed E-state index contributed by atoms with van der Waals surface area (Å²) in [6.07, 6.45) is 0.380. The molecule has 14 heteroatoms. The summed E-state index contributed by atoms with van der Waals surface area (Å²) in [5.74, 6) is -5.79. The summed E-state index contributed by atoms with van der Waals surface area (Å²) < 4.78 is 27.4. The third kappa shape index (κ3) is 5.82. The van der Waals surface area contributed by atoms with Crippen molar-refractivity contribution in [3.05, 3.63) is 12.4 Å². The van der Waals surface area contributed by atoms with Crippen molar-refractivity contribution < 1.29 is 47.4 Å². The highest BCUT2D eigenvalue weighted by Crippen LogP contribution is 2.35. The second kappa shape index (κ2) is 10.2. The summed E-state index contributed by atoms with van der Waals surface area (Å²) in [6, 6.07) is -1.20. The highest BCUT2D eigenvalue weighted by atomic mass is 32.1. The van der Waals surface area contributed by atoms with Crippen LogP contribution in [-0.4, -0.2) is 64.9 Å². The van der Waals surface area contributed by atoms with E-state index in [9.17, 15) is 28.4 Å². The van der Waals surface area contributed by atoms with Crippen LogP contribution >= 0.6 is 12.2 Å². The van der Waals surface area contributed by atoms with Gasteiger partial charge in [-0.05, 0) is 26.8 Å². The Morgan fingerprint density at radius 2 is 2.03 bits per heavy atom. The van der Waals surface area contributed by atoms with Crippen molar-refractivity contribution in [2.75, 3.05) is 13.4 Å². The average Bonchev–Trinajstić information content (AvgIpc) is 3.28. The first kappa shape index (κ1) is 26.1. The third-order valence-electron chi connectivity index (χ3n) is 4.63. The van der Waals surface area contributed by atoms with Gasteiger partial charge in [-0.1, -0.05) is 12.2 Å². The van der Waals surface area contributed by atoms with E-state index in [0.29, 0.717) is 5.06 Å². The van der Waals surface area contributed by atoms with Crippen molar-refractivity contribution in [1.29, 1.82) is 0 Å². The molecule has 182 valence electrons. The Labute approximate surface area is 193 Å². The minimum Gasteiger partial charge on any atom is -0.427 e. The molecule has 3 atom stereocenters. The number of amides is 2. The number of halogens is 1. The van der Waals surface area contributed by atoms with Crippen LogP contribution in [0.4, 0.5) is 4.39 Å². The number of cyclic esters (lactones) is 1. The molecule has 0 aromatic rings. The maximum absolute atomic E-state index is 12.9. The number of hydrogen-bond acceptors (Lipinski definition) is 10. The van der Waals surface area contributed by atoms with Crippen molar-refractivity contribution >= 4 is 46.9 Å². The molecule has 2 aliphatic rings. The summed E-state index contributed by atoms with van der Waals surface area (Å²) in [7, 11) is 0. The lowest BCUT2D eigenvalue weighted by Gasteiger charge is -2.32. The molecule has 0 aliphatic carbocycles. The van der Waals surface area contributed by atoms with Crippen molar-refractivity contribution in [3.63, 3.8) is 0 Å². The number of esters is 3. The molecule has 0 aromatic heterocycles. The molecular weight excluding hydrogens is 465 g/mol. The van der Waals surface area contributed by atoms with Crippen LogP contribution < -0.4 is 11.1 Å². The van der Waals surface area contributed by atoms with Gasteiger partial charge in [0, 0.05) is 6.42 Å². The molecule has 0 aromatic carbocycles. The van der Waals surface area contributed by atoms with Crippen LogP contribution in [0.1, 0.15) is 33.6 Å². The molecule has 2 rings (SSSR count). The first-order valence-corrected chi connectivity index (χ1v) is 10.1. The fourth-order valence-electron chi connectivity index (χ4n) is 2.85. The van der Waals surface area contributed by atoms with Gasteiger partial charge in [-0.15, -0.1) is 0 Å². The Morgan fingerprint density at radius 3 is 2.55 bits per heavy atom. The van der Waals surface area contributed by atoms with Crippen LogP contribution in [0, 0.1) is 11.3 Å². The number of carbonyl (C=O) groups excluding carboxylic acids is 5. The molecule has 2 saturated heterocycles. The van der Waals surface area contributed by atoms with Crippen molar-refractivity contribution in [3.8, 4) is 0 Å².